The van der Waals surface area contributed by atoms with Crippen molar-refractivity contribution in [2.24, 2.45) is 0 Å². The Balaban J connectivity index is 2.29. The zero-order valence-electron chi connectivity index (χ0n) is 6.79. The van der Waals surface area contributed by atoms with Crippen molar-refractivity contribution < 1.29 is 5.11 Å². The SMILES string of the molecule is OC(c1cnccn1)c1cccs1. The van der Waals surface area contributed by atoms with Gasteiger partial charge in [0.15, 0.2) is 0 Å². The predicted octanol–water partition coefficient (Wildman–Crippen LogP) is 1.62. The molecule has 0 aliphatic heterocycles. The Labute approximate surface area is 79.7 Å². The Morgan fingerprint density at radius 2 is 2.31 bits per heavy atom. The molecule has 3 nitrogen and oxygen atoms in total. The fourth-order valence-corrected chi connectivity index (χ4v) is 1.77. The van der Waals surface area contributed by atoms with E-state index in [2.05, 4.69) is 9.97 Å². The van der Waals surface area contributed by atoms with Crippen molar-refractivity contribution in [2.75, 3.05) is 0 Å². The number of rotatable bonds is 2. The van der Waals surface area contributed by atoms with Crippen molar-refractivity contribution in [1.82, 2.24) is 9.97 Å². The Morgan fingerprint density at radius 3 is 2.92 bits per heavy atom. The molecule has 0 saturated carbocycles. The second-order valence-electron chi connectivity index (χ2n) is 2.55. The van der Waals surface area contributed by atoms with Crippen molar-refractivity contribution in [3.63, 3.8) is 0 Å². The Bertz CT molecular complexity index is 360. The van der Waals surface area contributed by atoms with Crippen molar-refractivity contribution in [2.45, 2.75) is 6.10 Å². The van der Waals surface area contributed by atoms with Crippen LogP contribution in [0.25, 0.3) is 0 Å². The number of aromatic nitrogens is 2. The highest BCUT2D eigenvalue weighted by atomic mass is 32.1. The summed E-state index contributed by atoms with van der Waals surface area (Å²) in [4.78, 5) is 8.82. The molecule has 0 aliphatic carbocycles. The molecule has 0 aliphatic rings. The topological polar surface area (TPSA) is 46.0 Å². The standard InChI is InChI=1S/C9H8N2OS/c12-9(8-2-1-5-13-8)7-6-10-3-4-11-7/h1-6,9,12H. The van der Waals surface area contributed by atoms with Crippen LogP contribution in [0.3, 0.4) is 0 Å². The van der Waals surface area contributed by atoms with Crippen molar-refractivity contribution >= 4 is 11.3 Å². The molecule has 1 unspecified atom stereocenters. The minimum Gasteiger partial charge on any atom is -0.381 e. The van der Waals surface area contributed by atoms with E-state index in [-0.39, 0.29) is 0 Å². The maximum Gasteiger partial charge on any atom is 0.132 e. The van der Waals surface area contributed by atoms with E-state index in [1.54, 1.807) is 18.6 Å². The summed E-state index contributed by atoms with van der Waals surface area (Å²) >= 11 is 1.51. The highest BCUT2D eigenvalue weighted by molar-refractivity contribution is 7.10. The fraction of sp³-hybridized carbons (Fsp3) is 0.111. The van der Waals surface area contributed by atoms with E-state index in [9.17, 15) is 5.11 Å². The van der Waals surface area contributed by atoms with Gasteiger partial charge in [-0.3, -0.25) is 9.97 Å². The second-order valence-corrected chi connectivity index (χ2v) is 3.53. The van der Waals surface area contributed by atoms with E-state index in [1.807, 2.05) is 17.5 Å². The van der Waals surface area contributed by atoms with Crippen LogP contribution >= 0.6 is 11.3 Å². The first-order chi connectivity index (χ1) is 6.38. The molecule has 0 saturated heterocycles. The van der Waals surface area contributed by atoms with Crippen molar-refractivity contribution in [3.05, 3.63) is 46.7 Å². The van der Waals surface area contributed by atoms with Crippen LogP contribution in [0, 0.1) is 0 Å². The van der Waals surface area contributed by atoms with Crippen LogP contribution in [-0.2, 0) is 0 Å². The summed E-state index contributed by atoms with van der Waals surface area (Å²) in [6, 6.07) is 3.78. The molecule has 0 radical (unpaired) electrons. The number of nitrogens with zero attached hydrogens (tertiary/aromatic N) is 2. The quantitative estimate of drug-likeness (QED) is 0.786. The lowest BCUT2D eigenvalue weighted by Gasteiger charge is -2.05. The molecule has 13 heavy (non-hydrogen) atoms. The molecule has 2 aromatic rings. The van der Waals surface area contributed by atoms with Crippen LogP contribution in [0.15, 0.2) is 36.1 Å². The molecule has 0 fully saturated rings. The van der Waals surface area contributed by atoms with Gasteiger partial charge in [0.2, 0.25) is 0 Å². The monoisotopic (exact) mass is 192 g/mol. The van der Waals surface area contributed by atoms with Crippen LogP contribution in [0.1, 0.15) is 16.7 Å². The smallest absolute Gasteiger partial charge is 0.132 e. The second kappa shape index (κ2) is 3.64. The number of hydrogen-bond donors (Lipinski definition) is 1. The van der Waals surface area contributed by atoms with Crippen molar-refractivity contribution in [3.8, 4) is 0 Å². The first-order valence-electron chi connectivity index (χ1n) is 3.85. The van der Waals surface area contributed by atoms with Gasteiger partial charge in [0, 0.05) is 17.3 Å². The zero-order valence-corrected chi connectivity index (χ0v) is 7.61. The van der Waals surface area contributed by atoms with Gasteiger partial charge in [0.25, 0.3) is 0 Å². The number of thiophene rings is 1. The fourth-order valence-electron chi connectivity index (χ4n) is 1.04. The van der Waals surface area contributed by atoms with Crippen LogP contribution in [0.2, 0.25) is 0 Å². The lowest BCUT2D eigenvalue weighted by molar-refractivity contribution is 0.218. The Hall–Kier alpha value is -1.26. The lowest BCUT2D eigenvalue weighted by Crippen LogP contribution is -1.99. The summed E-state index contributed by atoms with van der Waals surface area (Å²) in [5.41, 5.74) is 0.588. The van der Waals surface area contributed by atoms with Gasteiger partial charge in [0.1, 0.15) is 6.10 Å². The average Bonchev–Trinajstić information content (AvgIpc) is 2.71. The first kappa shape index (κ1) is 8.34. The first-order valence-corrected chi connectivity index (χ1v) is 4.73. The molecule has 0 bridgehead atoms. The summed E-state index contributed by atoms with van der Waals surface area (Å²) in [5, 5.41) is 11.7. The largest absolute Gasteiger partial charge is 0.381 e. The Morgan fingerprint density at radius 1 is 1.38 bits per heavy atom. The summed E-state index contributed by atoms with van der Waals surface area (Å²) in [7, 11) is 0. The van der Waals surface area contributed by atoms with Gasteiger partial charge in [-0.15, -0.1) is 11.3 Å². The molecule has 0 spiro atoms. The molecular weight excluding hydrogens is 184 g/mol. The molecule has 66 valence electrons. The highest BCUT2D eigenvalue weighted by Crippen LogP contribution is 2.23. The van der Waals surface area contributed by atoms with Gasteiger partial charge in [-0.25, -0.2) is 0 Å². The normalized spacial score (nSPS) is 12.7. The van der Waals surface area contributed by atoms with E-state index < -0.39 is 6.10 Å². The highest BCUT2D eigenvalue weighted by Gasteiger charge is 2.11. The van der Waals surface area contributed by atoms with E-state index in [1.165, 1.54) is 11.3 Å². The maximum atomic E-state index is 9.79. The van der Waals surface area contributed by atoms with E-state index in [0.29, 0.717) is 5.69 Å². The van der Waals surface area contributed by atoms with Gasteiger partial charge >= 0.3 is 0 Å². The van der Waals surface area contributed by atoms with Crippen LogP contribution < -0.4 is 0 Å². The lowest BCUT2D eigenvalue weighted by atomic mass is 10.2. The minimum atomic E-state index is -0.645. The molecule has 2 rings (SSSR count). The summed E-state index contributed by atoms with van der Waals surface area (Å²) in [5.74, 6) is 0. The molecule has 2 aromatic heterocycles. The molecular formula is C9H8N2OS. The van der Waals surface area contributed by atoms with Gasteiger partial charge in [-0.05, 0) is 11.4 Å². The third-order valence-corrected chi connectivity index (χ3v) is 2.60. The number of hydrogen-bond acceptors (Lipinski definition) is 4. The minimum absolute atomic E-state index is 0.588. The van der Waals surface area contributed by atoms with E-state index in [0.717, 1.165) is 4.88 Å². The molecule has 1 N–H and O–H groups in total. The number of aliphatic hydroxyl groups is 1. The number of aliphatic hydroxyl groups excluding tert-OH is 1. The third kappa shape index (κ3) is 1.74. The molecule has 0 amide bonds. The Kier molecular flexibility index (Phi) is 2.33. The third-order valence-electron chi connectivity index (χ3n) is 1.68. The molecule has 1 atom stereocenters. The summed E-state index contributed by atoms with van der Waals surface area (Å²) in [6.07, 6.45) is 4.09. The van der Waals surface area contributed by atoms with Crippen LogP contribution in [0.4, 0.5) is 0 Å². The van der Waals surface area contributed by atoms with Crippen molar-refractivity contribution in [1.29, 1.82) is 0 Å². The van der Waals surface area contributed by atoms with Gasteiger partial charge in [-0.1, -0.05) is 6.07 Å². The molecule has 4 heteroatoms. The summed E-state index contributed by atoms with van der Waals surface area (Å²) < 4.78 is 0. The summed E-state index contributed by atoms with van der Waals surface area (Å²) in [6.45, 7) is 0. The van der Waals surface area contributed by atoms with Gasteiger partial charge in [0.05, 0.1) is 11.9 Å². The average molecular weight is 192 g/mol. The van der Waals surface area contributed by atoms with Crippen LogP contribution in [-0.4, -0.2) is 15.1 Å². The van der Waals surface area contributed by atoms with Gasteiger partial charge in [-0.2, -0.15) is 0 Å². The predicted molar refractivity (Wildman–Crippen MR) is 50.4 cm³/mol. The maximum absolute atomic E-state index is 9.79. The van der Waals surface area contributed by atoms with E-state index >= 15 is 0 Å². The zero-order chi connectivity index (χ0) is 9.10. The van der Waals surface area contributed by atoms with Gasteiger partial charge < -0.3 is 5.11 Å². The molecule has 0 aromatic carbocycles. The van der Waals surface area contributed by atoms with E-state index in [4.69, 9.17) is 0 Å². The molecule has 2 heterocycles. The van der Waals surface area contributed by atoms with Crippen LogP contribution in [0.5, 0.6) is 0 Å².